The first-order valence-corrected chi connectivity index (χ1v) is 10.8. The zero-order valence-electron chi connectivity index (χ0n) is 16.3. The summed E-state index contributed by atoms with van der Waals surface area (Å²) in [7, 11) is -3.52. The van der Waals surface area contributed by atoms with Crippen LogP contribution in [0.5, 0.6) is 0 Å². The van der Waals surface area contributed by atoms with Crippen LogP contribution in [0, 0.1) is 6.92 Å². The van der Waals surface area contributed by atoms with Gasteiger partial charge in [-0.3, -0.25) is 14.1 Å². The number of amides is 1. The molecule has 0 spiro atoms. The average Bonchev–Trinajstić information content (AvgIpc) is 2.61. The summed E-state index contributed by atoms with van der Waals surface area (Å²) in [4.78, 5) is 16.4. The Morgan fingerprint density at radius 1 is 1.19 bits per heavy atom. The number of pyridine rings is 1. The molecule has 7 heteroatoms. The summed E-state index contributed by atoms with van der Waals surface area (Å²) >= 11 is 0. The van der Waals surface area contributed by atoms with Crippen molar-refractivity contribution in [2.45, 2.75) is 39.7 Å². The van der Waals surface area contributed by atoms with Gasteiger partial charge in [-0.2, -0.15) is 0 Å². The number of para-hydroxylation sites is 1. The van der Waals surface area contributed by atoms with E-state index >= 15 is 0 Å². The molecule has 0 aliphatic carbocycles. The van der Waals surface area contributed by atoms with Gasteiger partial charge in [0.1, 0.15) is 0 Å². The predicted molar refractivity (Wildman–Crippen MR) is 108 cm³/mol. The largest absolute Gasteiger partial charge is 0.350 e. The lowest BCUT2D eigenvalue weighted by Gasteiger charge is -2.28. The Labute approximate surface area is 161 Å². The molecule has 1 amide bonds. The van der Waals surface area contributed by atoms with E-state index in [1.165, 1.54) is 10.6 Å². The molecule has 0 saturated heterocycles. The van der Waals surface area contributed by atoms with Gasteiger partial charge in [0.2, 0.25) is 15.9 Å². The van der Waals surface area contributed by atoms with Crippen LogP contribution >= 0.6 is 0 Å². The van der Waals surface area contributed by atoms with Crippen LogP contribution in [0.4, 0.5) is 5.69 Å². The Morgan fingerprint density at radius 2 is 1.93 bits per heavy atom. The molecule has 1 heterocycles. The highest BCUT2D eigenvalue weighted by Gasteiger charge is 2.24. The Hall–Kier alpha value is -2.41. The van der Waals surface area contributed by atoms with Gasteiger partial charge < -0.3 is 5.32 Å². The molecule has 0 bridgehead atoms. The van der Waals surface area contributed by atoms with Crippen LogP contribution < -0.4 is 9.62 Å². The minimum atomic E-state index is -3.52. The van der Waals surface area contributed by atoms with E-state index in [2.05, 4.69) is 10.3 Å². The minimum absolute atomic E-state index is 0.0752. The van der Waals surface area contributed by atoms with E-state index in [-0.39, 0.29) is 24.8 Å². The fraction of sp³-hybridized carbons (Fsp3) is 0.400. The van der Waals surface area contributed by atoms with E-state index in [0.717, 1.165) is 16.8 Å². The molecule has 0 aliphatic heterocycles. The zero-order chi connectivity index (χ0) is 20.0. The first kappa shape index (κ1) is 20.9. The Morgan fingerprint density at radius 3 is 2.52 bits per heavy atom. The summed E-state index contributed by atoms with van der Waals surface area (Å²) in [5.41, 5.74) is 3.26. The number of carbonyl (C=O) groups is 1. The third-order valence-electron chi connectivity index (χ3n) is 4.28. The van der Waals surface area contributed by atoms with Crippen LogP contribution in [0.25, 0.3) is 0 Å². The number of benzene rings is 1. The topological polar surface area (TPSA) is 79.4 Å². The van der Waals surface area contributed by atoms with Crippen LogP contribution in [-0.2, 0) is 21.4 Å². The van der Waals surface area contributed by atoms with Crippen molar-refractivity contribution >= 4 is 21.6 Å². The highest BCUT2D eigenvalue weighted by molar-refractivity contribution is 7.92. The number of aromatic nitrogens is 1. The molecule has 1 aromatic heterocycles. The van der Waals surface area contributed by atoms with Gasteiger partial charge in [-0.1, -0.05) is 38.1 Å². The van der Waals surface area contributed by atoms with Gasteiger partial charge in [0.05, 0.1) is 24.2 Å². The number of aryl methyl sites for hydroxylation is 1. The molecule has 2 aromatic rings. The molecule has 0 unspecified atom stereocenters. The van der Waals surface area contributed by atoms with Gasteiger partial charge in [-0.05, 0) is 36.1 Å². The zero-order valence-corrected chi connectivity index (χ0v) is 17.1. The van der Waals surface area contributed by atoms with Gasteiger partial charge >= 0.3 is 0 Å². The fourth-order valence-electron chi connectivity index (χ4n) is 2.91. The monoisotopic (exact) mass is 389 g/mol. The maximum Gasteiger partial charge on any atom is 0.232 e. The quantitative estimate of drug-likeness (QED) is 0.753. The summed E-state index contributed by atoms with van der Waals surface area (Å²) < 4.78 is 26.2. The third-order valence-corrected chi connectivity index (χ3v) is 5.44. The second kappa shape index (κ2) is 8.99. The number of sulfonamides is 1. The van der Waals surface area contributed by atoms with Gasteiger partial charge in [-0.25, -0.2) is 8.42 Å². The van der Waals surface area contributed by atoms with Crippen molar-refractivity contribution in [2.75, 3.05) is 17.1 Å². The molecule has 1 N–H and O–H groups in total. The molecule has 1 aromatic carbocycles. The second-order valence-corrected chi connectivity index (χ2v) is 8.76. The SMILES string of the molecule is Cc1cccc(C(C)C)c1N(CCC(=O)NCc1ccccn1)S(C)(=O)=O. The number of hydrogen-bond donors (Lipinski definition) is 1. The van der Waals surface area contributed by atoms with E-state index in [1.54, 1.807) is 6.20 Å². The number of hydrogen-bond acceptors (Lipinski definition) is 4. The van der Waals surface area contributed by atoms with Crippen molar-refractivity contribution in [2.24, 2.45) is 0 Å². The van der Waals surface area contributed by atoms with Crippen molar-refractivity contribution in [3.8, 4) is 0 Å². The number of anilines is 1. The normalized spacial score (nSPS) is 11.4. The molecule has 6 nitrogen and oxygen atoms in total. The van der Waals surface area contributed by atoms with Crippen LogP contribution in [0.3, 0.4) is 0 Å². The van der Waals surface area contributed by atoms with Crippen molar-refractivity contribution in [3.05, 3.63) is 59.4 Å². The van der Waals surface area contributed by atoms with Crippen molar-refractivity contribution in [1.82, 2.24) is 10.3 Å². The Bertz CT molecular complexity index is 881. The lowest BCUT2D eigenvalue weighted by molar-refractivity contribution is -0.121. The number of carbonyl (C=O) groups excluding carboxylic acids is 1. The lowest BCUT2D eigenvalue weighted by Crippen LogP contribution is -2.35. The minimum Gasteiger partial charge on any atom is -0.350 e. The van der Waals surface area contributed by atoms with Crippen molar-refractivity contribution in [3.63, 3.8) is 0 Å². The van der Waals surface area contributed by atoms with E-state index in [9.17, 15) is 13.2 Å². The molecular weight excluding hydrogens is 362 g/mol. The first-order chi connectivity index (χ1) is 12.7. The molecule has 0 atom stereocenters. The highest BCUT2D eigenvalue weighted by Crippen LogP contribution is 2.32. The number of nitrogens with zero attached hydrogens (tertiary/aromatic N) is 2. The van der Waals surface area contributed by atoms with Crippen LogP contribution in [0.1, 0.15) is 43.0 Å². The van der Waals surface area contributed by atoms with Gasteiger partial charge in [0.15, 0.2) is 0 Å². The standard InChI is InChI=1S/C20H27N3O3S/c1-15(2)18-10-7-8-16(3)20(18)23(27(4,25)26)13-11-19(24)22-14-17-9-5-6-12-21-17/h5-10,12,15H,11,13-14H2,1-4H3,(H,22,24). The lowest BCUT2D eigenvalue weighted by atomic mass is 9.98. The summed E-state index contributed by atoms with van der Waals surface area (Å²) in [5, 5.41) is 2.79. The number of nitrogens with one attached hydrogen (secondary N) is 1. The van der Waals surface area contributed by atoms with Gasteiger partial charge in [0.25, 0.3) is 0 Å². The van der Waals surface area contributed by atoms with Crippen LogP contribution in [-0.4, -0.2) is 32.1 Å². The van der Waals surface area contributed by atoms with E-state index in [1.807, 2.05) is 57.2 Å². The maximum absolute atomic E-state index is 12.4. The molecule has 0 fully saturated rings. The fourth-order valence-corrected chi connectivity index (χ4v) is 3.92. The molecule has 146 valence electrons. The summed E-state index contributed by atoms with van der Waals surface area (Å²) in [5.74, 6) is -0.0453. The molecule has 0 aliphatic rings. The molecule has 0 radical (unpaired) electrons. The van der Waals surface area contributed by atoms with Gasteiger partial charge in [-0.15, -0.1) is 0 Å². The highest BCUT2D eigenvalue weighted by atomic mass is 32.2. The molecule has 0 saturated carbocycles. The van der Waals surface area contributed by atoms with Crippen molar-refractivity contribution < 1.29 is 13.2 Å². The predicted octanol–water partition coefficient (Wildman–Crippen LogP) is 2.99. The van der Waals surface area contributed by atoms with Crippen LogP contribution in [0.15, 0.2) is 42.6 Å². The number of rotatable bonds is 8. The molecule has 27 heavy (non-hydrogen) atoms. The summed E-state index contributed by atoms with van der Waals surface area (Å²) in [6, 6.07) is 11.2. The average molecular weight is 390 g/mol. The van der Waals surface area contributed by atoms with E-state index < -0.39 is 10.0 Å². The molecular formula is C20H27N3O3S. The smallest absolute Gasteiger partial charge is 0.232 e. The third kappa shape index (κ3) is 5.79. The summed E-state index contributed by atoms with van der Waals surface area (Å²) in [6.45, 7) is 6.36. The van der Waals surface area contributed by atoms with E-state index in [0.29, 0.717) is 12.2 Å². The maximum atomic E-state index is 12.4. The first-order valence-electron chi connectivity index (χ1n) is 8.94. The van der Waals surface area contributed by atoms with Crippen LogP contribution in [0.2, 0.25) is 0 Å². The Kier molecular flexibility index (Phi) is 6.96. The van der Waals surface area contributed by atoms with E-state index in [4.69, 9.17) is 0 Å². The molecule has 2 rings (SSSR count). The van der Waals surface area contributed by atoms with Crippen molar-refractivity contribution in [1.29, 1.82) is 0 Å². The Balaban J connectivity index is 2.14. The van der Waals surface area contributed by atoms with Gasteiger partial charge in [0, 0.05) is 19.2 Å². The second-order valence-electron chi connectivity index (χ2n) is 6.85. The summed E-state index contributed by atoms with van der Waals surface area (Å²) in [6.07, 6.45) is 2.92.